The molecule has 0 bridgehead atoms. The fourth-order valence-corrected chi connectivity index (χ4v) is 2.23. The number of hydrogen-bond acceptors (Lipinski definition) is 4. The van der Waals surface area contributed by atoms with Gasteiger partial charge in [0.1, 0.15) is 0 Å². The van der Waals surface area contributed by atoms with Crippen molar-refractivity contribution in [2.75, 3.05) is 32.7 Å². The Balaban J connectivity index is 2.07. The Morgan fingerprint density at radius 2 is 2.17 bits per heavy atom. The summed E-state index contributed by atoms with van der Waals surface area (Å²) in [6.07, 6.45) is 3.82. The van der Waals surface area contributed by atoms with Crippen molar-refractivity contribution in [1.29, 1.82) is 5.26 Å². The highest BCUT2D eigenvalue weighted by Crippen LogP contribution is 2.10. The van der Waals surface area contributed by atoms with E-state index < -0.39 is 0 Å². The molecule has 1 fully saturated rings. The lowest BCUT2D eigenvalue weighted by molar-refractivity contribution is -0.120. The van der Waals surface area contributed by atoms with Gasteiger partial charge in [-0.15, -0.1) is 0 Å². The summed E-state index contributed by atoms with van der Waals surface area (Å²) in [4.78, 5) is 13.9. The molecule has 102 valence electrons. The molecule has 18 heavy (non-hydrogen) atoms. The zero-order valence-corrected chi connectivity index (χ0v) is 11.2. The molecule has 2 N–H and O–H groups in total. The van der Waals surface area contributed by atoms with Crippen molar-refractivity contribution in [3.05, 3.63) is 0 Å². The Hall–Kier alpha value is -1.12. The van der Waals surface area contributed by atoms with Gasteiger partial charge in [-0.1, -0.05) is 6.92 Å². The molecule has 1 aliphatic rings. The van der Waals surface area contributed by atoms with E-state index >= 15 is 0 Å². The number of amides is 1. The Morgan fingerprint density at radius 3 is 2.78 bits per heavy atom. The third-order valence-corrected chi connectivity index (χ3v) is 3.24. The van der Waals surface area contributed by atoms with Gasteiger partial charge in [-0.25, -0.2) is 0 Å². The zero-order chi connectivity index (χ0) is 13.2. The van der Waals surface area contributed by atoms with E-state index in [2.05, 4.69) is 22.5 Å². The van der Waals surface area contributed by atoms with E-state index in [0.717, 1.165) is 25.9 Å². The third kappa shape index (κ3) is 5.99. The van der Waals surface area contributed by atoms with Crippen LogP contribution in [0.3, 0.4) is 0 Å². The number of carbonyl (C=O) groups excluding carboxylic acids is 1. The van der Waals surface area contributed by atoms with Crippen molar-refractivity contribution in [3.8, 4) is 6.07 Å². The van der Waals surface area contributed by atoms with Crippen molar-refractivity contribution in [1.82, 2.24) is 15.5 Å². The van der Waals surface area contributed by atoms with Crippen LogP contribution in [0.25, 0.3) is 0 Å². The normalized spacial score (nSPS) is 17.3. The largest absolute Gasteiger partial charge is 0.354 e. The number of likely N-dealkylation sites (tertiary alicyclic amines) is 1. The van der Waals surface area contributed by atoms with E-state index in [1.807, 2.05) is 6.07 Å². The van der Waals surface area contributed by atoms with Gasteiger partial charge in [0.15, 0.2) is 0 Å². The second-order valence-electron chi connectivity index (χ2n) is 4.75. The van der Waals surface area contributed by atoms with Crippen LogP contribution in [0.15, 0.2) is 0 Å². The summed E-state index contributed by atoms with van der Waals surface area (Å²) in [5.41, 5.74) is 0. The first kappa shape index (κ1) is 14.9. The standard InChI is InChI=1S/C13H24N4O/c1-2-8-17-9-4-12(5-10-17)16-11-13(18)15-7-3-6-14/h12,16H,2-5,7-11H2,1H3,(H,15,18). The summed E-state index contributed by atoms with van der Waals surface area (Å²) in [6, 6.07) is 2.46. The van der Waals surface area contributed by atoms with Crippen LogP contribution in [0.5, 0.6) is 0 Å². The summed E-state index contributed by atoms with van der Waals surface area (Å²) in [5.74, 6) is -0.0127. The number of nitrogens with zero attached hydrogens (tertiary/aromatic N) is 2. The smallest absolute Gasteiger partial charge is 0.233 e. The quantitative estimate of drug-likeness (QED) is 0.647. The van der Waals surface area contributed by atoms with Gasteiger partial charge < -0.3 is 15.5 Å². The van der Waals surface area contributed by atoms with E-state index in [1.54, 1.807) is 0 Å². The molecule has 5 heteroatoms. The van der Waals surface area contributed by atoms with Gasteiger partial charge in [0.05, 0.1) is 19.0 Å². The number of rotatable bonds is 7. The van der Waals surface area contributed by atoms with Gasteiger partial charge in [0, 0.05) is 12.6 Å². The molecule has 0 saturated carbocycles. The number of piperidine rings is 1. The summed E-state index contributed by atoms with van der Waals surface area (Å²) >= 11 is 0. The molecule has 0 aromatic heterocycles. The molecule has 0 radical (unpaired) electrons. The molecule has 1 aliphatic heterocycles. The molecule has 1 rings (SSSR count). The van der Waals surface area contributed by atoms with Crippen LogP contribution >= 0.6 is 0 Å². The van der Waals surface area contributed by atoms with Crippen LogP contribution in [-0.4, -0.2) is 49.6 Å². The molecule has 1 saturated heterocycles. The lowest BCUT2D eigenvalue weighted by Crippen LogP contribution is -2.45. The van der Waals surface area contributed by atoms with E-state index in [1.165, 1.54) is 13.0 Å². The van der Waals surface area contributed by atoms with Crippen LogP contribution in [-0.2, 0) is 4.79 Å². The van der Waals surface area contributed by atoms with Crippen LogP contribution in [0.4, 0.5) is 0 Å². The minimum atomic E-state index is -0.0127. The number of carbonyl (C=O) groups is 1. The number of nitrogens with one attached hydrogen (secondary N) is 2. The Morgan fingerprint density at radius 1 is 1.44 bits per heavy atom. The predicted molar refractivity (Wildman–Crippen MR) is 71.0 cm³/mol. The lowest BCUT2D eigenvalue weighted by Gasteiger charge is -2.32. The second-order valence-corrected chi connectivity index (χ2v) is 4.75. The highest BCUT2D eigenvalue weighted by Gasteiger charge is 2.18. The summed E-state index contributed by atoms with van der Waals surface area (Å²) in [6.45, 7) is 6.45. The van der Waals surface area contributed by atoms with Crippen LogP contribution in [0.2, 0.25) is 0 Å². The number of hydrogen-bond donors (Lipinski definition) is 2. The molecule has 0 aromatic rings. The van der Waals surface area contributed by atoms with Crippen LogP contribution in [0, 0.1) is 11.3 Å². The molecule has 0 aliphatic carbocycles. The Labute approximate surface area is 110 Å². The molecule has 0 spiro atoms. The second kappa shape index (κ2) is 8.90. The Kier molecular flexibility index (Phi) is 7.38. The van der Waals surface area contributed by atoms with Gasteiger partial charge in [0.25, 0.3) is 0 Å². The van der Waals surface area contributed by atoms with Gasteiger partial charge in [-0.05, 0) is 38.9 Å². The molecular formula is C13H24N4O. The van der Waals surface area contributed by atoms with Gasteiger partial charge in [0.2, 0.25) is 5.91 Å². The first-order valence-corrected chi connectivity index (χ1v) is 6.85. The van der Waals surface area contributed by atoms with Crippen molar-refractivity contribution in [2.24, 2.45) is 0 Å². The predicted octanol–water partition coefficient (Wildman–Crippen LogP) is 0.480. The maximum atomic E-state index is 11.4. The topological polar surface area (TPSA) is 68.2 Å². The summed E-state index contributed by atoms with van der Waals surface area (Å²) in [5, 5.41) is 14.4. The molecule has 5 nitrogen and oxygen atoms in total. The summed E-state index contributed by atoms with van der Waals surface area (Å²) < 4.78 is 0. The molecule has 0 atom stereocenters. The molecule has 0 unspecified atom stereocenters. The van der Waals surface area contributed by atoms with Crippen LogP contribution in [0.1, 0.15) is 32.6 Å². The van der Waals surface area contributed by atoms with E-state index in [9.17, 15) is 4.79 Å². The van der Waals surface area contributed by atoms with Crippen molar-refractivity contribution >= 4 is 5.91 Å². The van der Waals surface area contributed by atoms with Gasteiger partial charge in [-0.3, -0.25) is 4.79 Å². The minimum absolute atomic E-state index is 0.0127. The van der Waals surface area contributed by atoms with Crippen molar-refractivity contribution in [2.45, 2.75) is 38.6 Å². The summed E-state index contributed by atoms with van der Waals surface area (Å²) in [7, 11) is 0. The fraction of sp³-hybridized carbons (Fsp3) is 0.846. The van der Waals surface area contributed by atoms with Crippen molar-refractivity contribution < 1.29 is 4.79 Å². The van der Waals surface area contributed by atoms with Crippen molar-refractivity contribution in [3.63, 3.8) is 0 Å². The molecule has 0 aromatic carbocycles. The average molecular weight is 252 g/mol. The monoisotopic (exact) mass is 252 g/mol. The zero-order valence-electron chi connectivity index (χ0n) is 11.2. The first-order valence-electron chi connectivity index (χ1n) is 6.85. The van der Waals surface area contributed by atoms with Crippen LogP contribution < -0.4 is 10.6 Å². The third-order valence-electron chi connectivity index (χ3n) is 3.24. The maximum absolute atomic E-state index is 11.4. The van der Waals surface area contributed by atoms with E-state index in [-0.39, 0.29) is 5.91 Å². The van der Waals surface area contributed by atoms with Gasteiger partial charge >= 0.3 is 0 Å². The average Bonchev–Trinajstić information content (AvgIpc) is 2.39. The number of nitriles is 1. The van der Waals surface area contributed by atoms with E-state index in [0.29, 0.717) is 25.6 Å². The highest BCUT2D eigenvalue weighted by molar-refractivity contribution is 5.77. The van der Waals surface area contributed by atoms with Gasteiger partial charge in [-0.2, -0.15) is 5.26 Å². The van der Waals surface area contributed by atoms with E-state index in [4.69, 9.17) is 5.26 Å². The molecular weight excluding hydrogens is 228 g/mol. The minimum Gasteiger partial charge on any atom is -0.354 e. The maximum Gasteiger partial charge on any atom is 0.233 e. The molecule has 1 heterocycles. The Bertz CT molecular complexity index is 279. The lowest BCUT2D eigenvalue weighted by atomic mass is 10.0. The first-order chi connectivity index (χ1) is 8.76. The fourth-order valence-electron chi connectivity index (χ4n) is 2.23. The SMILES string of the molecule is CCCN1CCC(NCC(=O)NCCC#N)CC1. The molecule has 1 amide bonds. The highest BCUT2D eigenvalue weighted by atomic mass is 16.1.